The van der Waals surface area contributed by atoms with Gasteiger partial charge in [-0.2, -0.15) is 4.31 Å². The van der Waals surface area contributed by atoms with Crippen LogP contribution in [0.1, 0.15) is 37.3 Å². The van der Waals surface area contributed by atoms with Gasteiger partial charge in [0.05, 0.1) is 4.90 Å². The highest BCUT2D eigenvalue weighted by atomic mass is 32.2. The molecule has 1 unspecified atom stereocenters. The highest BCUT2D eigenvalue weighted by molar-refractivity contribution is 7.89. The molecule has 1 heterocycles. The molecule has 1 aromatic rings. The highest BCUT2D eigenvalue weighted by Crippen LogP contribution is 2.28. The molecule has 1 amide bonds. The normalized spacial score (nSPS) is 19.9. The summed E-state index contributed by atoms with van der Waals surface area (Å²) in [6.07, 6.45) is 4.26. The first-order valence-corrected chi connectivity index (χ1v) is 10.9. The summed E-state index contributed by atoms with van der Waals surface area (Å²) in [6, 6.07) is 5.75. The number of sulfonamides is 1. The standard InChI is InChI=1S/C19H29N3O3S/c1-14(20-2)13-21-19(23)16-8-10-22(11-9-16)26(24,25)18-7-6-15-4-3-5-17(15)12-18/h6-7,12,14,16,20H,3-5,8-11,13H2,1-2H3,(H,21,23). The fraction of sp³-hybridized carbons (Fsp3) is 0.632. The Morgan fingerprint density at radius 1 is 1.23 bits per heavy atom. The van der Waals surface area contributed by atoms with Crippen molar-refractivity contribution in [3.63, 3.8) is 0 Å². The Balaban J connectivity index is 1.59. The summed E-state index contributed by atoms with van der Waals surface area (Å²) in [5.74, 6) is -0.0767. The van der Waals surface area contributed by atoms with Crippen molar-refractivity contribution in [3.05, 3.63) is 29.3 Å². The summed E-state index contributed by atoms with van der Waals surface area (Å²) >= 11 is 0. The maximum absolute atomic E-state index is 12.9. The van der Waals surface area contributed by atoms with E-state index in [4.69, 9.17) is 0 Å². The molecule has 2 aliphatic rings. The molecule has 1 atom stereocenters. The third kappa shape index (κ3) is 4.10. The zero-order valence-corrected chi connectivity index (χ0v) is 16.4. The van der Waals surface area contributed by atoms with Crippen LogP contribution in [0.4, 0.5) is 0 Å². The minimum atomic E-state index is -3.47. The van der Waals surface area contributed by atoms with Crippen LogP contribution in [-0.2, 0) is 27.7 Å². The maximum Gasteiger partial charge on any atom is 0.243 e. The molecular formula is C19H29N3O3S. The Hall–Kier alpha value is -1.44. The Kier molecular flexibility index (Phi) is 5.99. The summed E-state index contributed by atoms with van der Waals surface area (Å²) in [6.45, 7) is 3.40. The minimum Gasteiger partial charge on any atom is -0.354 e. The van der Waals surface area contributed by atoms with E-state index in [0.29, 0.717) is 37.4 Å². The number of piperidine rings is 1. The number of nitrogens with one attached hydrogen (secondary N) is 2. The van der Waals surface area contributed by atoms with Crippen LogP contribution >= 0.6 is 0 Å². The van der Waals surface area contributed by atoms with Crippen molar-refractivity contribution in [1.82, 2.24) is 14.9 Å². The van der Waals surface area contributed by atoms with Gasteiger partial charge in [-0.25, -0.2) is 8.42 Å². The number of benzene rings is 1. The summed E-state index contributed by atoms with van der Waals surface area (Å²) in [4.78, 5) is 12.7. The fourth-order valence-corrected chi connectivity index (χ4v) is 5.24. The van der Waals surface area contributed by atoms with Crippen LogP contribution in [0.2, 0.25) is 0 Å². The van der Waals surface area contributed by atoms with Gasteiger partial charge in [0.15, 0.2) is 0 Å². The van der Waals surface area contributed by atoms with Crippen LogP contribution < -0.4 is 10.6 Å². The lowest BCUT2D eigenvalue weighted by atomic mass is 9.97. The lowest BCUT2D eigenvalue weighted by Crippen LogP contribution is -2.45. The van der Waals surface area contributed by atoms with Gasteiger partial charge in [0, 0.05) is 31.6 Å². The quantitative estimate of drug-likeness (QED) is 0.781. The third-order valence-corrected chi connectivity index (χ3v) is 7.50. The second-order valence-electron chi connectivity index (χ2n) is 7.40. The van der Waals surface area contributed by atoms with Gasteiger partial charge < -0.3 is 10.6 Å². The molecule has 0 bridgehead atoms. The van der Waals surface area contributed by atoms with E-state index in [0.717, 1.165) is 19.3 Å². The average molecular weight is 380 g/mol. The van der Waals surface area contributed by atoms with E-state index in [1.165, 1.54) is 15.4 Å². The number of carbonyl (C=O) groups is 1. The molecule has 1 aromatic carbocycles. The van der Waals surface area contributed by atoms with Gasteiger partial charge in [0.2, 0.25) is 15.9 Å². The second-order valence-corrected chi connectivity index (χ2v) is 9.34. The van der Waals surface area contributed by atoms with Crippen LogP contribution in [0, 0.1) is 5.92 Å². The van der Waals surface area contributed by atoms with E-state index in [9.17, 15) is 13.2 Å². The van der Waals surface area contributed by atoms with Gasteiger partial charge in [-0.15, -0.1) is 0 Å². The Morgan fingerprint density at radius 2 is 1.92 bits per heavy atom. The molecule has 26 heavy (non-hydrogen) atoms. The molecule has 0 aromatic heterocycles. The van der Waals surface area contributed by atoms with Crippen LogP contribution in [0.3, 0.4) is 0 Å². The Bertz CT molecular complexity index is 755. The van der Waals surface area contributed by atoms with Crippen molar-refractivity contribution in [2.24, 2.45) is 5.92 Å². The number of hydrogen-bond acceptors (Lipinski definition) is 4. The van der Waals surface area contributed by atoms with Gasteiger partial charge in [0.1, 0.15) is 0 Å². The first-order chi connectivity index (χ1) is 12.4. The molecule has 0 radical (unpaired) electrons. The molecule has 0 spiro atoms. The first-order valence-electron chi connectivity index (χ1n) is 9.48. The molecule has 7 heteroatoms. The SMILES string of the molecule is CNC(C)CNC(=O)C1CCN(S(=O)(=O)c2ccc3c(c2)CCC3)CC1. The van der Waals surface area contributed by atoms with Crippen LogP contribution in [0.25, 0.3) is 0 Å². The van der Waals surface area contributed by atoms with Crippen LogP contribution in [0.15, 0.2) is 23.1 Å². The number of carbonyl (C=O) groups excluding carboxylic acids is 1. The Labute approximate surface area is 156 Å². The van der Waals surface area contributed by atoms with Crippen molar-refractivity contribution in [3.8, 4) is 0 Å². The molecule has 144 valence electrons. The van der Waals surface area contributed by atoms with Crippen LogP contribution in [-0.4, -0.2) is 51.4 Å². The molecule has 3 rings (SSSR count). The molecule has 1 aliphatic carbocycles. The van der Waals surface area contributed by atoms with Crippen molar-refractivity contribution in [2.75, 3.05) is 26.7 Å². The van der Waals surface area contributed by atoms with Gasteiger partial charge in [0.25, 0.3) is 0 Å². The number of likely N-dealkylation sites (N-methyl/N-ethyl adjacent to an activating group) is 1. The molecule has 0 saturated carbocycles. The summed E-state index contributed by atoms with van der Waals surface area (Å²) < 4.78 is 27.4. The molecule has 6 nitrogen and oxygen atoms in total. The van der Waals surface area contributed by atoms with Crippen LogP contribution in [0.5, 0.6) is 0 Å². The molecular weight excluding hydrogens is 350 g/mol. The zero-order chi connectivity index (χ0) is 18.7. The largest absolute Gasteiger partial charge is 0.354 e. The molecule has 1 saturated heterocycles. The van der Waals surface area contributed by atoms with E-state index >= 15 is 0 Å². The summed E-state index contributed by atoms with van der Waals surface area (Å²) in [7, 11) is -1.61. The van der Waals surface area contributed by atoms with Crippen molar-refractivity contribution in [2.45, 2.75) is 50.0 Å². The van der Waals surface area contributed by atoms with Gasteiger partial charge in [-0.05, 0) is 69.3 Å². The smallest absolute Gasteiger partial charge is 0.243 e. The van der Waals surface area contributed by atoms with Crippen molar-refractivity contribution >= 4 is 15.9 Å². The average Bonchev–Trinajstić information content (AvgIpc) is 3.13. The topological polar surface area (TPSA) is 78.5 Å². The number of fused-ring (bicyclic) bond motifs is 1. The van der Waals surface area contributed by atoms with E-state index in [2.05, 4.69) is 10.6 Å². The Morgan fingerprint density at radius 3 is 2.62 bits per heavy atom. The van der Waals surface area contributed by atoms with Gasteiger partial charge in [-0.3, -0.25) is 4.79 Å². The zero-order valence-electron chi connectivity index (χ0n) is 15.6. The fourth-order valence-electron chi connectivity index (χ4n) is 3.72. The van der Waals surface area contributed by atoms with Crippen molar-refractivity contribution < 1.29 is 13.2 Å². The lowest BCUT2D eigenvalue weighted by Gasteiger charge is -2.31. The summed E-state index contributed by atoms with van der Waals surface area (Å²) in [5, 5.41) is 6.03. The number of rotatable bonds is 6. The van der Waals surface area contributed by atoms with Gasteiger partial charge in [-0.1, -0.05) is 6.07 Å². The number of aryl methyl sites for hydroxylation is 2. The lowest BCUT2D eigenvalue weighted by molar-refractivity contribution is -0.126. The van der Waals surface area contributed by atoms with E-state index in [1.807, 2.05) is 26.1 Å². The van der Waals surface area contributed by atoms with E-state index in [-0.39, 0.29) is 17.9 Å². The maximum atomic E-state index is 12.9. The minimum absolute atomic E-state index is 0.0293. The number of amides is 1. The molecule has 1 fully saturated rings. The number of hydrogen-bond donors (Lipinski definition) is 2. The second kappa shape index (κ2) is 8.06. The third-order valence-electron chi connectivity index (χ3n) is 5.61. The predicted octanol–water partition coefficient (Wildman–Crippen LogP) is 1.30. The summed E-state index contributed by atoms with van der Waals surface area (Å²) in [5.41, 5.74) is 2.44. The number of nitrogens with zero attached hydrogens (tertiary/aromatic N) is 1. The van der Waals surface area contributed by atoms with E-state index in [1.54, 1.807) is 6.07 Å². The van der Waals surface area contributed by atoms with Crippen molar-refractivity contribution in [1.29, 1.82) is 0 Å². The highest BCUT2D eigenvalue weighted by Gasteiger charge is 2.32. The first kappa shape index (κ1) is 19.3. The van der Waals surface area contributed by atoms with E-state index < -0.39 is 10.0 Å². The monoisotopic (exact) mass is 379 g/mol. The predicted molar refractivity (Wildman–Crippen MR) is 101 cm³/mol. The molecule has 1 aliphatic heterocycles. The molecule has 2 N–H and O–H groups in total. The van der Waals surface area contributed by atoms with Gasteiger partial charge >= 0.3 is 0 Å².